The summed E-state index contributed by atoms with van der Waals surface area (Å²) in [6.45, 7) is 7.97. The fraction of sp³-hybridized carbons (Fsp3) is 0.579. The molecule has 132 valence electrons. The van der Waals surface area contributed by atoms with E-state index in [1.54, 1.807) is 0 Å². The number of nitrogens with zero attached hydrogens (tertiary/aromatic N) is 1. The van der Waals surface area contributed by atoms with Crippen LogP contribution < -0.4 is 10.6 Å². The van der Waals surface area contributed by atoms with E-state index in [1.807, 2.05) is 43.0 Å². The SMILES string of the molecule is CCc1ccccc1NC(=O)N1CCC[C@@H](CNC(=O)C(C)C)C1. The summed E-state index contributed by atoms with van der Waals surface area (Å²) in [5.41, 5.74) is 2.03. The summed E-state index contributed by atoms with van der Waals surface area (Å²) < 4.78 is 0. The fourth-order valence-electron chi connectivity index (χ4n) is 3.01. The van der Waals surface area contributed by atoms with Gasteiger partial charge < -0.3 is 15.5 Å². The molecule has 1 aromatic rings. The maximum absolute atomic E-state index is 12.6. The van der Waals surface area contributed by atoms with Crippen molar-refractivity contribution in [1.29, 1.82) is 0 Å². The van der Waals surface area contributed by atoms with Crippen LogP contribution in [0, 0.1) is 11.8 Å². The Morgan fingerprint density at radius 1 is 1.29 bits per heavy atom. The maximum atomic E-state index is 12.6. The number of aryl methyl sites for hydroxylation is 1. The Bertz CT molecular complexity index is 571. The second-order valence-corrected chi connectivity index (χ2v) is 6.79. The average Bonchev–Trinajstić information content (AvgIpc) is 2.60. The lowest BCUT2D eigenvalue weighted by Crippen LogP contribution is -2.45. The van der Waals surface area contributed by atoms with Crippen molar-refractivity contribution in [1.82, 2.24) is 10.2 Å². The molecule has 0 saturated carbocycles. The van der Waals surface area contributed by atoms with Crippen molar-refractivity contribution >= 4 is 17.6 Å². The third-order valence-electron chi connectivity index (χ3n) is 4.54. The molecule has 1 atom stereocenters. The largest absolute Gasteiger partial charge is 0.356 e. The summed E-state index contributed by atoms with van der Waals surface area (Å²) >= 11 is 0. The number of likely N-dealkylation sites (tertiary alicyclic amines) is 1. The van der Waals surface area contributed by atoms with Crippen molar-refractivity contribution in [3.8, 4) is 0 Å². The average molecular weight is 331 g/mol. The van der Waals surface area contributed by atoms with E-state index in [0.29, 0.717) is 19.0 Å². The number of hydrogen-bond donors (Lipinski definition) is 2. The Kier molecular flexibility index (Phi) is 6.64. The molecule has 3 amide bonds. The molecule has 24 heavy (non-hydrogen) atoms. The van der Waals surface area contributed by atoms with Gasteiger partial charge in [0.05, 0.1) is 0 Å². The molecule has 2 rings (SSSR count). The van der Waals surface area contributed by atoms with Gasteiger partial charge in [-0.2, -0.15) is 0 Å². The second kappa shape index (κ2) is 8.71. The van der Waals surface area contributed by atoms with Crippen LogP contribution in [0.3, 0.4) is 0 Å². The molecular formula is C19H29N3O2. The first-order chi connectivity index (χ1) is 11.5. The fourth-order valence-corrected chi connectivity index (χ4v) is 3.01. The van der Waals surface area contributed by atoms with Crippen molar-refractivity contribution in [2.75, 3.05) is 25.0 Å². The number of rotatable bonds is 5. The zero-order valence-electron chi connectivity index (χ0n) is 15.0. The normalized spacial score (nSPS) is 17.7. The number of piperidine rings is 1. The lowest BCUT2D eigenvalue weighted by atomic mass is 9.98. The number of carbonyl (C=O) groups is 2. The predicted octanol–water partition coefficient (Wildman–Crippen LogP) is 3.27. The molecule has 0 bridgehead atoms. The smallest absolute Gasteiger partial charge is 0.321 e. The first-order valence-electron chi connectivity index (χ1n) is 8.92. The van der Waals surface area contributed by atoms with E-state index >= 15 is 0 Å². The number of nitrogens with one attached hydrogen (secondary N) is 2. The molecule has 0 spiro atoms. The highest BCUT2D eigenvalue weighted by Crippen LogP contribution is 2.19. The van der Waals surface area contributed by atoms with Gasteiger partial charge >= 0.3 is 6.03 Å². The maximum Gasteiger partial charge on any atom is 0.321 e. The minimum Gasteiger partial charge on any atom is -0.356 e. The summed E-state index contributed by atoms with van der Waals surface area (Å²) in [7, 11) is 0. The lowest BCUT2D eigenvalue weighted by molar-refractivity contribution is -0.124. The van der Waals surface area contributed by atoms with E-state index in [4.69, 9.17) is 0 Å². The molecule has 0 unspecified atom stereocenters. The topological polar surface area (TPSA) is 61.4 Å². The molecule has 0 aliphatic carbocycles. The summed E-state index contributed by atoms with van der Waals surface area (Å²) in [6, 6.07) is 7.87. The van der Waals surface area contributed by atoms with E-state index in [1.165, 1.54) is 0 Å². The third kappa shape index (κ3) is 4.98. The van der Waals surface area contributed by atoms with Crippen LogP contribution in [0.15, 0.2) is 24.3 Å². The molecule has 1 saturated heterocycles. The predicted molar refractivity (Wildman–Crippen MR) is 97.0 cm³/mol. The minimum absolute atomic E-state index is 0.00135. The Morgan fingerprint density at radius 3 is 2.75 bits per heavy atom. The first kappa shape index (κ1) is 18.3. The molecule has 1 heterocycles. The van der Waals surface area contributed by atoms with E-state index in [2.05, 4.69) is 17.6 Å². The third-order valence-corrected chi connectivity index (χ3v) is 4.54. The van der Waals surface area contributed by atoms with Crippen LogP contribution in [-0.4, -0.2) is 36.5 Å². The van der Waals surface area contributed by atoms with Gasteiger partial charge in [-0.15, -0.1) is 0 Å². The molecule has 1 fully saturated rings. The monoisotopic (exact) mass is 331 g/mol. The molecule has 5 heteroatoms. The molecule has 5 nitrogen and oxygen atoms in total. The molecule has 2 N–H and O–H groups in total. The van der Waals surface area contributed by atoms with Gasteiger partial charge in [-0.1, -0.05) is 39.0 Å². The number of benzene rings is 1. The van der Waals surface area contributed by atoms with Gasteiger partial charge in [0.1, 0.15) is 0 Å². The Labute approximate surface area is 144 Å². The van der Waals surface area contributed by atoms with E-state index in [0.717, 1.165) is 37.1 Å². The number of carbonyl (C=O) groups excluding carboxylic acids is 2. The van der Waals surface area contributed by atoms with Crippen LogP contribution in [0.2, 0.25) is 0 Å². The van der Waals surface area contributed by atoms with E-state index in [9.17, 15) is 9.59 Å². The van der Waals surface area contributed by atoms with E-state index < -0.39 is 0 Å². The van der Waals surface area contributed by atoms with Crippen LogP contribution in [-0.2, 0) is 11.2 Å². The number of hydrogen-bond acceptors (Lipinski definition) is 2. The van der Waals surface area contributed by atoms with Crippen LogP contribution in [0.4, 0.5) is 10.5 Å². The van der Waals surface area contributed by atoms with Gasteiger partial charge in [0.25, 0.3) is 0 Å². The van der Waals surface area contributed by atoms with Gasteiger partial charge in [0.2, 0.25) is 5.91 Å². The Morgan fingerprint density at radius 2 is 2.04 bits per heavy atom. The van der Waals surface area contributed by atoms with Crippen LogP contribution in [0.1, 0.15) is 39.2 Å². The highest BCUT2D eigenvalue weighted by Gasteiger charge is 2.24. The molecule has 1 aliphatic rings. The van der Waals surface area contributed by atoms with Gasteiger partial charge in [0.15, 0.2) is 0 Å². The van der Waals surface area contributed by atoms with Crippen molar-refractivity contribution in [2.45, 2.75) is 40.0 Å². The Balaban J connectivity index is 1.89. The van der Waals surface area contributed by atoms with Gasteiger partial charge in [0, 0.05) is 31.2 Å². The van der Waals surface area contributed by atoms with Crippen molar-refractivity contribution < 1.29 is 9.59 Å². The Hall–Kier alpha value is -2.04. The molecule has 1 aromatic carbocycles. The van der Waals surface area contributed by atoms with Crippen LogP contribution in [0.5, 0.6) is 0 Å². The van der Waals surface area contributed by atoms with Crippen molar-refractivity contribution in [2.24, 2.45) is 11.8 Å². The van der Waals surface area contributed by atoms with Crippen LogP contribution in [0.25, 0.3) is 0 Å². The summed E-state index contributed by atoms with van der Waals surface area (Å²) in [6.07, 6.45) is 2.92. The first-order valence-corrected chi connectivity index (χ1v) is 8.92. The van der Waals surface area contributed by atoms with Gasteiger partial charge in [-0.05, 0) is 36.8 Å². The quantitative estimate of drug-likeness (QED) is 0.870. The zero-order chi connectivity index (χ0) is 17.5. The molecular weight excluding hydrogens is 302 g/mol. The highest BCUT2D eigenvalue weighted by atomic mass is 16.2. The zero-order valence-corrected chi connectivity index (χ0v) is 15.0. The van der Waals surface area contributed by atoms with Crippen molar-refractivity contribution in [3.05, 3.63) is 29.8 Å². The highest BCUT2D eigenvalue weighted by molar-refractivity contribution is 5.90. The van der Waals surface area contributed by atoms with E-state index in [-0.39, 0.29) is 17.9 Å². The number of anilines is 1. The number of urea groups is 1. The van der Waals surface area contributed by atoms with Crippen molar-refractivity contribution in [3.63, 3.8) is 0 Å². The molecule has 0 radical (unpaired) electrons. The number of amides is 3. The molecule has 0 aromatic heterocycles. The van der Waals surface area contributed by atoms with Gasteiger partial charge in [-0.3, -0.25) is 4.79 Å². The van der Waals surface area contributed by atoms with Gasteiger partial charge in [-0.25, -0.2) is 4.79 Å². The summed E-state index contributed by atoms with van der Waals surface area (Å²) in [5.74, 6) is 0.403. The minimum atomic E-state index is -0.0456. The standard InChI is InChI=1S/C19H29N3O2/c1-4-16-9-5-6-10-17(16)21-19(24)22-11-7-8-15(13-22)12-20-18(23)14(2)3/h5-6,9-10,14-15H,4,7-8,11-13H2,1-3H3,(H,20,23)(H,21,24)/t15-/m0/s1. The lowest BCUT2D eigenvalue weighted by Gasteiger charge is -2.33. The summed E-state index contributed by atoms with van der Waals surface area (Å²) in [4.78, 5) is 26.1. The van der Waals surface area contributed by atoms with Crippen LogP contribution >= 0.6 is 0 Å². The summed E-state index contributed by atoms with van der Waals surface area (Å²) in [5, 5.41) is 6.02. The second-order valence-electron chi connectivity index (χ2n) is 6.79. The molecule has 1 aliphatic heterocycles. The number of para-hydroxylation sites is 1.